The fourth-order valence-electron chi connectivity index (χ4n) is 1.72. The minimum Gasteiger partial charge on any atom is -0.508 e. The Balaban J connectivity index is 2.16. The first-order chi connectivity index (χ1) is 9.52. The molecular weight excluding hydrogens is 260 g/mol. The number of aryl methyl sites for hydroxylation is 2. The highest BCUT2D eigenvalue weighted by Crippen LogP contribution is 2.25. The van der Waals surface area contributed by atoms with Gasteiger partial charge in [0.2, 0.25) is 0 Å². The molecule has 1 aromatic carbocycles. The Kier molecular flexibility index (Phi) is 3.74. The molecule has 0 aliphatic rings. The number of benzene rings is 1. The van der Waals surface area contributed by atoms with Gasteiger partial charge in [-0.3, -0.25) is 0 Å². The lowest BCUT2D eigenvalue weighted by Gasteiger charge is -2.04. The number of phenolic OH excluding ortho intramolecular Hbond substituents is 2. The average molecular weight is 276 g/mol. The van der Waals surface area contributed by atoms with Crippen LogP contribution in [0.5, 0.6) is 11.5 Å². The van der Waals surface area contributed by atoms with Gasteiger partial charge >= 0.3 is 0 Å². The number of nitrogens with one attached hydrogen (secondary N) is 1. The SMILES string of the molecule is CCc1nnc(N/N=C/c2c(C)cc(O)cc2O)n1N. The van der Waals surface area contributed by atoms with Gasteiger partial charge in [0.15, 0.2) is 5.82 Å². The number of hydrazone groups is 1. The van der Waals surface area contributed by atoms with E-state index in [2.05, 4.69) is 20.7 Å². The molecule has 20 heavy (non-hydrogen) atoms. The largest absolute Gasteiger partial charge is 0.508 e. The first-order valence-electron chi connectivity index (χ1n) is 6.04. The fourth-order valence-corrected chi connectivity index (χ4v) is 1.72. The summed E-state index contributed by atoms with van der Waals surface area (Å²) in [6, 6.07) is 2.77. The smallest absolute Gasteiger partial charge is 0.263 e. The van der Waals surface area contributed by atoms with E-state index < -0.39 is 0 Å². The minimum atomic E-state index is -0.0588. The summed E-state index contributed by atoms with van der Waals surface area (Å²) in [7, 11) is 0. The van der Waals surface area contributed by atoms with Crippen LogP contribution in [0.15, 0.2) is 17.2 Å². The van der Waals surface area contributed by atoms with Crippen LogP contribution >= 0.6 is 0 Å². The van der Waals surface area contributed by atoms with Crippen molar-refractivity contribution in [2.24, 2.45) is 5.10 Å². The standard InChI is InChI=1S/C12H16N6O2/c1-3-11-15-17-12(18(11)13)16-14-6-9-7(2)4-8(19)5-10(9)20/h4-6,19-20H,3,13H2,1-2H3,(H,16,17)/b14-6+. The van der Waals surface area contributed by atoms with Crippen LogP contribution in [0, 0.1) is 6.92 Å². The van der Waals surface area contributed by atoms with Gasteiger partial charge in [0.05, 0.1) is 6.21 Å². The zero-order chi connectivity index (χ0) is 14.7. The molecule has 0 fully saturated rings. The Bertz CT molecular complexity index is 626. The number of aromatic nitrogens is 3. The summed E-state index contributed by atoms with van der Waals surface area (Å²) >= 11 is 0. The summed E-state index contributed by atoms with van der Waals surface area (Å²) in [5.74, 6) is 6.62. The number of hydrogen-bond acceptors (Lipinski definition) is 7. The van der Waals surface area contributed by atoms with Gasteiger partial charge in [-0.2, -0.15) is 5.10 Å². The summed E-state index contributed by atoms with van der Waals surface area (Å²) in [5, 5.41) is 30.7. The summed E-state index contributed by atoms with van der Waals surface area (Å²) in [5.41, 5.74) is 3.83. The molecule has 2 rings (SSSR count). The van der Waals surface area contributed by atoms with Gasteiger partial charge in [0.25, 0.3) is 5.95 Å². The monoisotopic (exact) mass is 276 g/mol. The van der Waals surface area contributed by atoms with Crippen LogP contribution in [-0.2, 0) is 6.42 Å². The van der Waals surface area contributed by atoms with Crippen LogP contribution in [0.25, 0.3) is 0 Å². The minimum absolute atomic E-state index is 0.000557. The van der Waals surface area contributed by atoms with Crippen molar-refractivity contribution in [3.8, 4) is 11.5 Å². The summed E-state index contributed by atoms with van der Waals surface area (Å²) in [4.78, 5) is 0. The predicted octanol–water partition coefficient (Wildman–Crippen LogP) is 0.720. The molecule has 8 heteroatoms. The molecule has 1 aromatic heterocycles. The van der Waals surface area contributed by atoms with E-state index in [4.69, 9.17) is 5.84 Å². The van der Waals surface area contributed by atoms with Crippen molar-refractivity contribution in [1.82, 2.24) is 14.9 Å². The lowest BCUT2D eigenvalue weighted by atomic mass is 10.1. The second-order valence-electron chi connectivity index (χ2n) is 4.23. The van der Waals surface area contributed by atoms with Gasteiger partial charge in [-0.05, 0) is 18.6 Å². The number of aromatic hydroxyl groups is 2. The zero-order valence-electron chi connectivity index (χ0n) is 11.2. The molecule has 0 amide bonds. The summed E-state index contributed by atoms with van der Waals surface area (Å²) in [6.07, 6.45) is 2.08. The topological polar surface area (TPSA) is 122 Å². The molecule has 0 aliphatic heterocycles. The van der Waals surface area contributed by atoms with Gasteiger partial charge in [-0.25, -0.2) is 10.1 Å². The third kappa shape index (κ3) is 2.63. The third-order valence-corrected chi connectivity index (χ3v) is 2.79. The molecule has 2 aromatic rings. The fraction of sp³-hybridized carbons (Fsp3) is 0.250. The Morgan fingerprint density at radius 1 is 1.40 bits per heavy atom. The van der Waals surface area contributed by atoms with Crippen molar-refractivity contribution in [2.75, 3.05) is 11.3 Å². The van der Waals surface area contributed by atoms with Gasteiger partial charge < -0.3 is 16.1 Å². The second-order valence-corrected chi connectivity index (χ2v) is 4.23. The van der Waals surface area contributed by atoms with Crippen LogP contribution in [0.3, 0.4) is 0 Å². The van der Waals surface area contributed by atoms with Crippen molar-refractivity contribution < 1.29 is 10.2 Å². The molecular formula is C12H16N6O2. The van der Waals surface area contributed by atoms with E-state index >= 15 is 0 Å². The normalized spacial score (nSPS) is 11.1. The molecule has 0 spiro atoms. The quantitative estimate of drug-likeness (QED) is 0.371. The summed E-state index contributed by atoms with van der Waals surface area (Å²) < 4.78 is 1.31. The number of rotatable bonds is 4. The molecule has 106 valence electrons. The van der Waals surface area contributed by atoms with Crippen molar-refractivity contribution in [1.29, 1.82) is 0 Å². The Labute approximate surface area is 115 Å². The number of anilines is 1. The zero-order valence-corrected chi connectivity index (χ0v) is 11.2. The van der Waals surface area contributed by atoms with Crippen LogP contribution < -0.4 is 11.3 Å². The van der Waals surface area contributed by atoms with Gasteiger partial charge in [-0.1, -0.05) is 6.92 Å². The van der Waals surface area contributed by atoms with Crippen LogP contribution in [-0.4, -0.2) is 31.3 Å². The van der Waals surface area contributed by atoms with E-state index in [9.17, 15) is 10.2 Å². The van der Waals surface area contributed by atoms with Crippen molar-refractivity contribution >= 4 is 12.2 Å². The molecule has 0 aliphatic carbocycles. The van der Waals surface area contributed by atoms with Crippen LogP contribution in [0.1, 0.15) is 23.9 Å². The number of nitrogens with two attached hydrogens (primary N) is 1. The second kappa shape index (κ2) is 5.47. The molecule has 5 N–H and O–H groups in total. The Morgan fingerprint density at radius 2 is 2.15 bits per heavy atom. The van der Waals surface area contributed by atoms with E-state index in [0.717, 1.165) is 0 Å². The molecule has 0 radical (unpaired) electrons. The molecule has 0 saturated carbocycles. The van der Waals surface area contributed by atoms with Crippen LogP contribution in [0.2, 0.25) is 0 Å². The summed E-state index contributed by atoms with van der Waals surface area (Å²) in [6.45, 7) is 3.67. The maximum absolute atomic E-state index is 9.73. The van der Waals surface area contributed by atoms with Gasteiger partial charge in [0, 0.05) is 18.1 Å². The lowest BCUT2D eigenvalue weighted by Crippen LogP contribution is -2.14. The highest BCUT2D eigenvalue weighted by molar-refractivity contribution is 5.86. The molecule has 0 atom stereocenters. The third-order valence-electron chi connectivity index (χ3n) is 2.79. The maximum Gasteiger partial charge on any atom is 0.263 e. The van der Waals surface area contributed by atoms with E-state index in [1.165, 1.54) is 23.0 Å². The average Bonchev–Trinajstić information content (AvgIpc) is 2.73. The predicted molar refractivity (Wildman–Crippen MR) is 75.3 cm³/mol. The van der Waals surface area contributed by atoms with E-state index in [1.807, 2.05) is 6.92 Å². The van der Waals surface area contributed by atoms with Gasteiger partial charge in [0.1, 0.15) is 11.5 Å². The lowest BCUT2D eigenvalue weighted by molar-refractivity contribution is 0.449. The molecule has 0 bridgehead atoms. The maximum atomic E-state index is 9.73. The number of nitrogens with zero attached hydrogens (tertiary/aromatic N) is 4. The van der Waals surface area contributed by atoms with Crippen molar-refractivity contribution in [2.45, 2.75) is 20.3 Å². The van der Waals surface area contributed by atoms with Crippen molar-refractivity contribution in [3.63, 3.8) is 0 Å². The van der Waals surface area contributed by atoms with E-state index in [1.54, 1.807) is 6.92 Å². The van der Waals surface area contributed by atoms with Gasteiger partial charge in [-0.15, -0.1) is 10.2 Å². The van der Waals surface area contributed by atoms with E-state index in [0.29, 0.717) is 29.3 Å². The van der Waals surface area contributed by atoms with Crippen molar-refractivity contribution in [3.05, 3.63) is 29.1 Å². The highest BCUT2D eigenvalue weighted by Gasteiger charge is 2.07. The highest BCUT2D eigenvalue weighted by atomic mass is 16.3. The first-order valence-corrected chi connectivity index (χ1v) is 6.04. The molecule has 0 unspecified atom stereocenters. The van der Waals surface area contributed by atoms with E-state index in [-0.39, 0.29) is 11.5 Å². The molecule has 1 heterocycles. The number of nitrogen functional groups attached to an aromatic ring is 1. The number of hydrogen-bond donors (Lipinski definition) is 4. The first kappa shape index (κ1) is 13.7. The van der Waals surface area contributed by atoms with Crippen LogP contribution in [0.4, 0.5) is 5.95 Å². The molecule has 0 saturated heterocycles. The number of phenols is 2. The Morgan fingerprint density at radius 3 is 2.75 bits per heavy atom. The Hall–Kier alpha value is -2.77. The molecule has 8 nitrogen and oxygen atoms in total.